The highest BCUT2D eigenvalue weighted by atomic mass is 16.5. The summed E-state index contributed by atoms with van der Waals surface area (Å²) in [6.07, 6.45) is 25.5. The Hall–Kier alpha value is -0.600. The monoisotopic (exact) mass is 450 g/mol. The number of aliphatic hydroxyl groups is 2. The molecule has 2 N–H and O–H groups in total. The Kier molecular flexibility index (Phi) is 20.6. The van der Waals surface area contributed by atoms with Gasteiger partial charge in [-0.2, -0.15) is 0 Å². The van der Waals surface area contributed by atoms with Gasteiger partial charge in [0.15, 0.2) is 5.79 Å². The summed E-state index contributed by atoms with van der Waals surface area (Å²) in [5.41, 5.74) is 3.43. The minimum Gasteiger partial charge on any atom is -0.362 e. The Balaban J connectivity index is 4.60. The van der Waals surface area contributed by atoms with E-state index in [1.165, 1.54) is 94.6 Å². The molecule has 0 aromatic heterocycles. The van der Waals surface area contributed by atoms with E-state index in [1.807, 2.05) is 0 Å². The van der Waals surface area contributed by atoms with Crippen molar-refractivity contribution in [2.45, 2.75) is 169 Å². The smallest absolute Gasteiger partial charge is 0.185 e. The topological polar surface area (TPSA) is 40.5 Å². The lowest BCUT2D eigenvalue weighted by atomic mass is 9.89. The second-order valence-electron chi connectivity index (χ2n) is 10.3. The second-order valence-corrected chi connectivity index (χ2v) is 10.3. The molecule has 0 aromatic rings. The van der Waals surface area contributed by atoms with Gasteiger partial charge < -0.3 is 10.2 Å². The molecule has 0 saturated carbocycles. The highest BCUT2D eigenvalue weighted by Crippen LogP contribution is 2.31. The van der Waals surface area contributed by atoms with E-state index in [0.29, 0.717) is 6.42 Å². The molecule has 190 valence electrons. The average molecular weight is 451 g/mol. The van der Waals surface area contributed by atoms with Crippen molar-refractivity contribution in [1.29, 1.82) is 0 Å². The summed E-state index contributed by atoms with van der Waals surface area (Å²) >= 11 is 0. The van der Waals surface area contributed by atoms with Gasteiger partial charge in [-0.1, -0.05) is 121 Å². The third-order valence-corrected chi connectivity index (χ3v) is 6.73. The molecule has 0 spiro atoms. The fourth-order valence-corrected chi connectivity index (χ4v) is 4.58. The highest BCUT2D eigenvalue weighted by molar-refractivity contribution is 5.20. The molecule has 2 nitrogen and oxygen atoms in total. The lowest BCUT2D eigenvalue weighted by Gasteiger charge is -2.28. The van der Waals surface area contributed by atoms with Crippen LogP contribution >= 0.6 is 0 Å². The summed E-state index contributed by atoms with van der Waals surface area (Å²) in [6.45, 7) is 10.9. The van der Waals surface area contributed by atoms with E-state index in [2.05, 4.69) is 40.7 Å². The molecule has 0 aliphatic heterocycles. The van der Waals surface area contributed by atoms with E-state index >= 15 is 0 Å². The van der Waals surface area contributed by atoms with Crippen LogP contribution in [0.25, 0.3) is 0 Å². The van der Waals surface area contributed by atoms with Gasteiger partial charge >= 0.3 is 0 Å². The summed E-state index contributed by atoms with van der Waals surface area (Å²) in [6, 6.07) is 0. The molecule has 32 heavy (non-hydrogen) atoms. The maximum Gasteiger partial charge on any atom is 0.185 e. The summed E-state index contributed by atoms with van der Waals surface area (Å²) in [4.78, 5) is 0. The number of allylic oxidation sites excluding steroid dienone is 3. The third-order valence-electron chi connectivity index (χ3n) is 6.73. The fraction of sp³-hybridized carbons (Fsp3) is 0.867. The van der Waals surface area contributed by atoms with E-state index in [0.717, 1.165) is 44.1 Å². The fourth-order valence-electron chi connectivity index (χ4n) is 4.58. The Labute approximate surface area is 202 Å². The molecule has 0 heterocycles. The maximum absolute atomic E-state index is 11.0. The molecule has 0 bridgehead atoms. The number of hydrogen-bond acceptors (Lipinski definition) is 2. The Bertz CT molecular complexity index is 483. The van der Waals surface area contributed by atoms with E-state index in [9.17, 15) is 10.2 Å². The first kappa shape index (κ1) is 31.4. The molecule has 0 rings (SSSR count). The second kappa shape index (κ2) is 21.0. The minimum absolute atomic E-state index is 0.480. The molecule has 0 radical (unpaired) electrons. The van der Waals surface area contributed by atoms with Crippen LogP contribution in [0.3, 0.4) is 0 Å². The van der Waals surface area contributed by atoms with Crippen molar-refractivity contribution in [3.05, 3.63) is 22.8 Å². The van der Waals surface area contributed by atoms with Gasteiger partial charge in [0.25, 0.3) is 0 Å². The Morgan fingerprint density at radius 3 is 1.50 bits per heavy atom. The van der Waals surface area contributed by atoms with Crippen LogP contribution < -0.4 is 0 Å². The van der Waals surface area contributed by atoms with Gasteiger partial charge in [-0.05, 0) is 58.4 Å². The van der Waals surface area contributed by atoms with E-state index < -0.39 is 5.79 Å². The lowest BCUT2D eigenvalue weighted by Crippen LogP contribution is -2.31. The number of hydrogen-bond donors (Lipinski definition) is 2. The van der Waals surface area contributed by atoms with Gasteiger partial charge in [0.05, 0.1) is 0 Å². The zero-order valence-corrected chi connectivity index (χ0v) is 22.6. The molecule has 0 aliphatic rings. The SMILES string of the molecule is CCCCCCCCCCC(=C(C)CCC=C(C)C)C(O)(O)CCCCCCCCCC. The van der Waals surface area contributed by atoms with Crippen molar-refractivity contribution in [3.8, 4) is 0 Å². The molecular formula is C30H58O2. The van der Waals surface area contributed by atoms with Crippen LogP contribution in [-0.4, -0.2) is 16.0 Å². The Morgan fingerprint density at radius 1 is 0.594 bits per heavy atom. The van der Waals surface area contributed by atoms with Crippen LogP contribution in [-0.2, 0) is 0 Å². The van der Waals surface area contributed by atoms with Gasteiger partial charge in [0.1, 0.15) is 0 Å². The van der Waals surface area contributed by atoms with Gasteiger partial charge in [-0.3, -0.25) is 0 Å². The van der Waals surface area contributed by atoms with Crippen molar-refractivity contribution in [1.82, 2.24) is 0 Å². The van der Waals surface area contributed by atoms with Gasteiger partial charge in [0, 0.05) is 6.42 Å². The zero-order chi connectivity index (χ0) is 24.1. The molecule has 0 atom stereocenters. The molecule has 0 unspecified atom stereocenters. The number of unbranched alkanes of at least 4 members (excludes halogenated alkanes) is 14. The Morgan fingerprint density at radius 2 is 1.03 bits per heavy atom. The highest BCUT2D eigenvalue weighted by Gasteiger charge is 2.29. The predicted octanol–water partition coefficient (Wildman–Crippen LogP) is 9.79. The molecule has 0 fully saturated rings. The van der Waals surface area contributed by atoms with Crippen molar-refractivity contribution < 1.29 is 10.2 Å². The van der Waals surface area contributed by atoms with E-state index in [1.54, 1.807) is 0 Å². The van der Waals surface area contributed by atoms with Gasteiger partial charge in [-0.25, -0.2) is 0 Å². The van der Waals surface area contributed by atoms with Crippen LogP contribution in [0.1, 0.15) is 163 Å². The van der Waals surface area contributed by atoms with Crippen LogP contribution in [0, 0.1) is 0 Å². The number of rotatable bonds is 22. The summed E-state index contributed by atoms with van der Waals surface area (Å²) in [5, 5.41) is 22.0. The molecule has 2 heteroatoms. The van der Waals surface area contributed by atoms with E-state index in [4.69, 9.17) is 0 Å². The van der Waals surface area contributed by atoms with Crippen molar-refractivity contribution in [2.24, 2.45) is 0 Å². The average Bonchev–Trinajstić information content (AvgIpc) is 2.74. The predicted molar refractivity (Wildman–Crippen MR) is 143 cm³/mol. The van der Waals surface area contributed by atoms with E-state index in [-0.39, 0.29) is 0 Å². The maximum atomic E-state index is 11.0. The third kappa shape index (κ3) is 17.9. The van der Waals surface area contributed by atoms with Crippen molar-refractivity contribution >= 4 is 0 Å². The summed E-state index contributed by atoms with van der Waals surface area (Å²) in [7, 11) is 0. The van der Waals surface area contributed by atoms with Gasteiger partial charge in [-0.15, -0.1) is 0 Å². The first-order valence-electron chi connectivity index (χ1n) is 14.1. The standard InChI is InChI=1S/C30H58O2/c1-6-8-10-12-14-16-18-20-25-29(28(5)24-22-23-27(3)4)30(31,32)26-21-19-17-15-13-11-9-7-2/h23,31-32H,6-22,24-26H2,1-5H3. The van der Waals surface area contributed by atoms with Crippen molar-refractivity contribution in [3.63, 3.8) is 0 Å². The zero-order valence-electron chi connectivity index (χ0n) is 22.6. The van der Waals surface area contributed by atoms with Gasteiger partial charge in [0.2, 0.25) is 0 Å². The minimum atomic E-state index is -1.63. The molecule has 0 amide bonds. The van der Waals surface area contributed by atoms with Crippen LogP contribution in [0.15, 0.2) is 22.8 Å². The molecular weight excluding hydrogens is 392 g/mol. The van der Waals surface area contributed by atoms with Crippen LogP contribution in [0.5, 0.6) is 0 Å². The lowest BCUT2D eigenvalue weighted by molar-refractivity contribution is -0.137. The largest absolute Gasteiger partial charge is 0.362 e. The molecule has 0 aliphatic carbocycles. The molecule has 0 saturated heterocycles. The first-order valence-corrected chi connectivity index (χ1v) is 14.1. The van der Waals surface area contributed by atoms with Crippen molar-refractivity contribution in [2.75, 3.05) is 0 Å². The first-order chi connectivity index (χ1) is 15.3. The summed E-state index contributed by atoms with van der Waals surface area (Å²) < 4.78 is 0. The normalized spacial score (nSPS) is 12.7. The molecule has 0 aromatic carbocycles. The quantitative estimate of drug-likeness (QED) is 0.0978. The van der Waals surface area contributed by atoms with Crippen LogP contribution in [0.4, 0.5) is 0 Å². The summed E-state index contributed by atoms with van der Waals surface area (Å²) in [5.74, 6) is -1.63. The van der Waals surface area contributed by atoms with Crippen LogP contribution in [0.2, 0.25) is 0 Å².